The Kier molecular flexibility index (Phi) is 8.68. The molecule has 152 valence electrons. The number of carbonyl (C=O) groups is 3. The summed E-state index contributed by atoms with van der Waals surface area (Å²) in [5, 5.41) is 0. The van der Waals surface area contributed by atoms with E-state index in [1.54, 1.807) is 6.08 Å². The van der Waals surface area contributed by atoms with Crippen LogP contribution in [0.2, 0.25) is 0 Å². The second kappa shape index (κ2) is 10.5. The van der Waals surface area contributed by atoms with Gasteiger partial charge in [-0.05, 0) is 32.4 Å². The molecule has 0 N–H and O–H groups in total. The lowest BCUT2D eigenvalue weighted by Gasteiger charge is -2.16. The average Bonchev–Trinajstić information content (AvgIpc) is 3.19. The van der Waals surface area contributed by atoms with E-state index in [-0.39, 0.29) is 18.1 Å². The van der Waals surface area contributed by atoms with E-state index in [1.165, 1.54) is 26.8 Å². The minimum atomic E-state index is -0.756. The van der Waals surface area contributed by atoms with Gasteiger partial charge < -0.3 is 18.9 Å². The molecule has 2 atom stereocenters. The maximum absolute atomic E-state index is 11.5. The maximum Gasteiger partial charge on any atom is 0.307 e. The molecular formula is C21H26O7. The third-order valence-electron chi connectivity index (χ3n) is 3.57. The summed E-state index contributed by atoms with van der Waals surface area (Å²) in [6, 6.07) is 0. The van der Waals surface area contributed by atoms with Gasteiger partial charge in [0.25, 0.3) is 0 Å². The van der Waals surface area contributed by atoms with Crippen LogP contribution in [0.1, 0.15) is 48.0 Å². The summed E-state index contributed by atoms with van der Waals surface area (Å²) >= 11 is 0. The number of carbonyl (C=O) groups excluding carboxylic acids is 3. The van der Waals surface area contributed by atoms with Crippen LogP contribution in [0, 0.1) is 11.8 Å². The van der Waals surface area contributed by atoms with Crippen molar-refractivity contribution in [1.29, 1.82) is 0 Å². The van der Waals surface area contributed by atoms with E-state index in [9.17, 15) is 14.4 Å². The normalized spacial score (nSPS) is 19.3. The largest absolute Gasteiger partial charge is 0.457 e. The van der Waals surface area contributed by atoms with Crippen molar-refractivity contribution in [1.82, 2.24) is 0 Å². The lowest BCUT2D eigenvalue weighted by atomic mass is 10.1. The number of hydrogen-bond donors (Lipinski definition) is 0. The topological polar surface area (TPSA) is 91.4 Å². The second-order valence-corrected chi connectivity index (χ2v) is 6.73. The lowest BCUT2D eigenvalue weighted by Crippen LogP contribution is -2.18. The van der Waals surface area contributed by atoms with Gasteiger partial charge in [-0.25, -0.2) is 0 Å². The quantitative estimate of drug-likeness (QED) is 0.165. The molecule has 1 rings (SSSR count). The van der Waals surface area contributed by atoms with Gasteiger partial charge in [0.05, 0.1) is 6.26 Å². The van der Waals surface area contributed by atoms with Crippen molar-refractivity contribution in [3.8, 4) is 11.8 Å². The summed E-state index contributed by atoms with van der Waals surface area (Å²) in [7, 11) is 0. The first-order valence-electron chi connectivity index (χ1n) is 8.75. The maximum atomic E-state index is 11.5. The Morgan fingerprint density at radius 1 is 1.07 bits per heavy atom. The first kappa shape index (κ1) is 23.2. The first-order chi connectivity index (χ1) is 13.0. The highest BCUT2D eigenvalue weighted by Gasteiger charge is 2.46. The van der Waals surface area contributed by atoms with E-state index < -0.39 is 24.0 Å². The van der Waals surface area contributed by atoms with E-state index in [4.69, 9.17) is 18.9 Å². The fraction of sp³-hybridized carbons (Fsp3) is 0.476. The number of hydrogen-bond acceptors (Lipinski definition) is 7. The van der Waals surface area contributed by atoms with Crippen molar-refractivity contribution in [2.24, 2.45) is 0 Å². The van der Waals surface area contributed by atoms with Crippen LogP contribution in [-0.2, 0) is 33.3 Å². The SMILES string of the molecule is CC(=O)O/C=C(/C=C/OC(C)=O)[C@H](C/C=C(\C)C#CC1OC1(C)C)OC(C)=O. The van der Waals surface area contributed by atoms with Crippen LogP contribution in [0.25, 0.3) is 0 Å². The molecule has 0 bridgehead atoms. The van der Waals surface area contributed by atoms with Crippen LogP contribution in [0.5, 0.6) is 0 Å². The second-order valence-electron chi connectivity index (χ2n) is 6.73. The van der Waals surface area contributed by atoms with Crippen LogP contribution < -0.4 is 0 Å². The molecule has 1 fully saturated rings. The molecule has 0 aromatic rings. The van der Waals surface area contributed by atoms with Crippen LogP contribution >= 0.6 is 0 Å². The van der Waals surface area contributed by atoms with Crippen molar-refractivity contribution < 1.29 is 33.3 Å². The molecule has 1 aliphatic heterocycles. The first-order valence-corrected chi connectivity index (χ1v) is 8.75. The standard InChI is InChI=1S/C21H26O7/c1-14(8-10-20-21(5,6)28-20)7-9-19(27-17(4)24)18(13-26-16(3)23)11-12-25-15(2)22/h7,11-13,19-20H,9H2,1-6H3/b12-11+,14-7+,18-13-/t19-,20?/m0/s1. The molecule has 28 heavy (non-hydrogen) atoms. The predicted molar refractivity (Wildman–Crippen MR) is 101 cm³/mol. The van der Waals surface area contributed by atoms with Gasteiger partial charge in [-0.3, -0.25) is 14.4 Å². The smallest absolute Gasteiger partial charge is 0.307 e. The van der Waals surface area contributed by atoms with Gasteiger partial charge in [-0.1, -0.05) is 17.9 Å². The van der Waals surface area contributed by atoms with Gasteiger partial charge >= 0.3 is 17.9 Å². The van der Waals surface area contributed by atoms with E-state index in [1.807, 2.05) is 20.8 Å². The minimum Gasteiger partial charge on any atom is -0.457 e. The Labute approximate surface area is 165 Å². The minimum absolute atomic E-state index is 0.0915. The molecule has 0 radical (unpaired) electrons. The van der Waals surface area contributed by atoms with Gasteiger partial charge in [0.2, 0.25) is 0 Å². The summed E-state index contributed by atoms with van der Waals surface area (Å²) in [5.74, 6) is 4.48. The summed E-state index contributed by atoms with van der Waals surface area (Å²) in [6.45, 7) is 9.52. The zero-order chi connectivity index (χ0) is 21.3. The summed E-state index contributed by atoms with van der Waals surface area (Å²) in [5.41, 5.74) is 0.907. The lowest BCUT2D eigenvalue weighted by molar-refractivity contribution is -0.144. The highest BCUT2D eigenvalue weighted by molar-refractivity contribution is 5.68. The van der Waals surface area contributed by atoms with Crippen LogP contribution in [0.4, 0.5) is 0 Å². The molecule has 0 aromatic heterocycles. The Morgan fingerprint density at radius 3 is 2.18 bits per heavy atom. The molecule has 7 nitrogen and oxygen atoms in total. The monoisotopic (exact) mass is 390 g/mol. The van der Waals surface area contributed by atoms with Crippen molar-refractivity contribution in [2.45, 2.75) is 65.8 Å². The van der Waals surface area contributed by atoms with Gasteiger partial charge in [-0.15, -0.1) is 0 Å². The van der Waals surface area contributed by atoms with E-state index in [0.717, 1.165) is 18.1 Å². The van der Waals surface area contributed by atoms with Crippen LogP contribution in [0.3, 0.4) is 0 Å². The summed E-state index contributed by atoms with van der Waals surface area (Å²) in [6.07, 6.45) is 4.93. The van der Waals surface area contributed by atoms with Crippen molar-refractivity contribution in [3.05, 3.63) is 35.8 Å². The molecule has 0 spiro atoms. The molecule has 0 amide bonds. The zero-order valence-corrected chi connectivity index (χ0v) is 17.0. The number of rotatable bonds is 7. The molecule has 0 aliphatic carbocycles. The van der Waals surface area contributed by atoms with Gasteiger partial charge in [0.1, 0.15) is 24.1 Å². The van der Waals surface area contributed by atoms with Crippen molar-refractivity contribution in [2.75, 3.05) is 0 Å². The van der Waals surface area contributed by atoms with Gasteiger partial charge in [-0.2, -0.15) is 0 Å². The fourth-order valence-corrected chi connectivity index (χ4v) is 2.02. The van der Waals surface area contributed by atoms with E-state index in [0.29, 0.717) is 5.57 Å². The molecule has 1 unspecified atom stereocenters. The molecule has 0 saturated carbocycles. The molecule has 1 heterocycles. The van der Waals surface area contributed by atoms with Crippen LogP contribution in [-0.4, -0.2) is 35.7 Å². The van der Waals surface area contributed by atoms with E-state index >= 15 is 0 Å². The van der Waals surface area contributed by atoms with Gasteiger partial charge in [0.15, 0.2) is 0 Å². The Hall–Kier alpha value is -2.85. The molecule has 1 aliphatic rings. The third kappa shape index (κ3) is 9.19. The number of ether oxygens (including phenoxy) is 4. The Bertz CT molecular complexity index is 759. The number of allylic oxidation sites excluding steroid dienone is 1. The Morgan fingerprint density at radius 2 is 1.68 bits per heavy atom. The van der Waals surface area contributed by atoms with Gasteiger partial charge in [0, 0.05) is 32.8 Å². The summed E-state index contributed by atoms with van der Waals surface area (Å²) in [4.78, 5) is 33.5. The molecular weight excluding hydrogens is 364 g/mol. The number of esters is 3. The summed E-state index contributed by atoms with van der Waals surface area (Å²) < 4.78 is 20.4. The average molecular weight is 390 g/mol. The number of epoxide rings is 1. The Balaban J connectivity index is 2.96. The molecule has 1 saturated heterocycles. The zero-order valence-electron chi connectivity index (χ0n) is 17.0. The molecule has 7 heteroatoms. The highest BCUT2D eigenvalue weighted by atomic mass is 16.6. The third-order valence-corrected chi connectivity index (χ3v) is 3.57. The van der Waals surface area contributed by atoms with Crippen molar-refractivity contribution >= 4 is 17.9 Å². The fourth-order valence-electron chi connectivity index (χ4n) is 2.02. The highest BCUT2D eigenvalue weighted by Crippen LogP contribution is 2.34. The molecule has 0 aromatic carbocycles. The van der Waals surface area contributed by atoms with Crippen LogP contribution in [0.15, 0.2) is 35.8 Å². The van der Waals surface area contributed by atoms with E-state index in [2.05, 4.69) is 11.8 Å². The predicted octanol–water partition coefficient (Wildman–Crippen LogP) is 2.96. The van der Waals surface area contributed by atoms with Crippen molar-refractivity contribution in [3.63, 3.8) is 0 Å².